The third-order valence-electron chi connectivity index (χ3n) is 4.57. The largest absolute Gasteiger partial charge is 0.497 e. The van der Waals surface area contributed by atoms with Gasteiger partial charge in [0.05, 0.1) is 34.5 Å². The van der Waals surface area contributed by atoms with Crippen molar-refractivity contribution in [3.05, 3.63) is 47.5 Å². The summed E-state index contributed by atoms with van der Waals surface area (Å²) < 4.78 is 26.8. The van der Waals surface area contributed by atoms with Crippen LogP contribution in [-0.2, 0) is 16.1 Å². The Labute approximate surface area is 189 Å². The van der Waals surface area contributed by atoms with Gasteiger partial charge in [-0.15, -0.1) is 0 Å². The van der Waals surface area contributed by atoms with Crippen LogP contribution in [-0.4, -0.2) is 57.9 Å². The molecule has 0 bridgehead atoms. The van der Waals surface area contributed by atoms with Gasteiger partial charge < -0.3 is 28.6 Å². The second kappa shape index (κ2) is 12.4. The van der Waals surface area contributed by atoms with Crippen LogP contribution in [0.4, 0.5) is 0 Å². The van der Waals surface area contributed by atoms with E-state index in [9.17, 15) is 9.59 Å². The van der Waals surface area contributed by atoms with E-state index >= 15 is 0 Å². The van der Waals surface area contributed by atoms with Gasteiger partial charge in [0.1, 0.15) is 18.0 Å². The van der Waals surface area contributed by atoms with Crippen LogP contribution >= 0.6 is 0 Å². The highest BCUT2D eigenvalue weighted by atomic mass is 16.5. The Hall–Kier alpha value is -3.42. The number of carbonyl (C=O) groups is 2. The summed E-state index contributed by atoms with van der Waals surface area (Å²) in [4.78, 5) is 26.8. The average Bonchev–Trinajstić information content (AvgIpc) is 2.82. The maximum absolute atomic E-state index is 13.4. The molecule has 0 heterocycles. The number of hydrogen-bond donors (Lipinski definition) is 0. The molecule has 0 N–H and O–H groups in total. The lowest BCUT2D eigenvalue weighted by Crippen LogP contribution is -2.35. The number of rotatable bonds is 12. The Morgan fingerprint density at radius 3 is 2.12 bits per heavy atom. The summed E-state index contributed by atoms with van der Waals surface area (Å²) in [6.45, 7) is 4.77. The Morgan fingerprint density at radius 1 is 0.875 bits per heavy atom. The fraction of sp³-hybridized carbons (Fsp3) is 0.417. The van der Waals surface area contributed by atoms with Crippen LogP contribution in [0, 0.1) is 0 Å². The van der Waals surface area contributed by atoms with Crippen molar-refractivity contribution in [1.82, 2.24) is 4.90 Å². The highest BCUT2D eigenvalue weighted by Crippen LogP contribution is 2.30. The first kappa shape index (κ1) is 24.8. The lowest BCUT2D eigenvalue weighted by atomic mass is 10.1. The van der Waals surface area contributed by atoms with E-state index in [1.165, 1.54) is 12.0 Å². The maximum atomic E-state index is 13.4. The third kappa shape index (κ3) is 6.80. The lowest BCUT2D eigenvalue weighted by Gasteiger charge is -2.23. The van der Waals surface area contributed by atoms with Crippen LogP contribution in [0.15, 0.2) is 36.4 Å². The predicted molar refractivity (Wildman–Crippen MR) is 120 cm³/mol. The normalized spacial score (nSPS) is 10.3. The molecule has 0 aliphatic rings. The van der Waals surface area contributed by atoms with E-state index in [-0.39, 0.29) is 19.0 Å². The van der Waals surface area contributed by atoms with E-state index in [4.69, 9.17) is 23.7 Å². The molecular formula is C24H31NO7. The standard InChI is InChI=1S/C24H31NO7/c1-6-10-32-21-9-8-18(13-22(21)31-7-2)24(27)25(16-23(26)30-5)15-17-11-19(28-3)14-20(12-17)29-4/h8-9,11-14H,6-7,10,15-16H2,1-5H3. The summed E-state index contributed by atoms with van der Waals surface area (Å²) >= 11 is 0. The fourth-order valence-corrected chi connectivity index (χ4v) is 3.02. The number of nitrogens with zero attached hydrogens (tertiary/aromatic N) is 1. The van der Waals surface area contributed by atoms with Gasteiger partial charge in [-0.3, -0.25) is 9.59 Å². The van der Waals surface area contributed by atoms with E-state index in [1.54, 1.807) is 50.6 Å². The maximum Gasteiger partial charge on any atom is 0.325 e. The molecule has 2 aromatic rings. The number of amides is 1. The fourth-order valence-electron chi connectivity index (χ4n) is 3.02. The minimum absolute atomic E-state index is 0.152. The van der Waals surface area contributed by atoms with Gasteiger partial charge in [-0.25, -0.2) is 0 Å². The van der Waals surface area contributed by atoms with E-state index in [0.29, 0.717) is 41.8 Å². The van der Waals surface area contributed by atoms with E-state index < -0.39 is 5.97 Å². The molecule has 0 aliphatic carbocycles. The van der Waals surface area contributed by atoms with Gasteiger partial charge in [0.25, 0.3) is 5.91 Å². The molecule has 0 aromatic heterocycles. The summed E-state index contributed by atoms with van der Waals surface area (Å²) in [6.07, 6.45) is 0.850. The van der Waals surface area contributed by atoms with Crippen molar-refractivity contribution >= 4 is 11.9 Å². The average molecular weight is 446 g/mol. The van der Waals surface area contributed by atoms with Gasteiger partial charge in [0, 0.05) is 18.2 Å². The zero-order chi connectivity index (χ0) is 23.5. The van der Waals surface area contributed by atoms with Crippen LogP contribution in [0.2, 0.25) is 0 Å². The predicted octanol–water partition coefficient (Wildman–Crippen LogP) is 3.71. The van der Waals surface area contributed by atoms with Crippen molar-refractivity contribution in [2.45, 2.75) is 26.8 Å². The van der Waals surface area contributed by atoms with Crippen LogP contribution in [0.1, 0.15) is 36.2 Å². The molecule has 2 aromatic carbocycles. The summed E-state index contributed by atoms with van der Waals surface area (Å²) in [6, 6.07) is 10.3. The van der Waals surface area contributed by atoms with E-state index in [0.717, 1.165) is 12.0 Å². The van der Waals surface area contributed by atoms with Crippen molar-refractivity contribution < 1.29 is 33.3 Å². The first-order valence-electron chi connectivity index (χ1n) is 10.4. The second-order valence-electron chi connectivity index (χ2n) is 6.90. The van der Waals surface area contributed by atoms with Crippen LogP contribution in [0.25, 0.3) is 0 Å². The minimum Gasteiger partial charge on any atom is -0.497 e. The van der Waals surface area contributed by atoms with Crippen LogP contribution in [0.5, 0.6) is 23.0 Å². The molecule has 0 spiro atoms. The smallest absolute Gasteiger partial charge is 0.325 e. The zero-order valence-electron chi connectivity index (χ0n) is 19.3. The Bertz CT molecular complexity index is 891. The van der Waals surface area contributed by atoms with Crippen molar-refractivity contribution in [2.75, 3.05) is 41.1 Å². The number of benzene rings is 2. The van der Waals surface area contributed by atoms with Gasteiger partial charge in [0.15, 0.2) is 11.5 Å². The van der Waals surface area contributed by atoms with Gasteiger partial charge in [0.2, 0.25) is 0 Å². The molecule has 0 fully saturated rings. The SMILES string of the molecule is CCCOc1ccc(C(=O)N(CC(=O)OC)Cc2cc(OC)cc(OC)c2)cc1OCC. The molecule has 8 heteroatoms. The second-order valence-corrected chi connectivity index (χ2v) is 6.90. The first-order chi connectivity index (χ1) is 15.4. The Kier molecular flexibility index (Phi) is 9.66. The summed E-state index contributed by atoms with van der Waals surface area (Å²) in [5, 5.41) is 0. The molecule has 2 rings (SSSR count). The summed E-state index contributed by atoms with van der Waals surface area (Å²) in [7, 11) is 4.38. The number of ether oxygens (including phenoxy) is 5. The molecule has 8 nitrogen and oxygen atoms in total. The Balaban J connectivity index is 2.37. The molecule has 0 atom stereocenters. The summed E-state index contributed by atoms with van der Waals surface area (Å²) in [5.74, 6) is 1.35. The minimum atomic E-state index is -0.527. The van der Waals surface area contributed by atoms with Gasteiger partial charge >= 0.3 is 5.97 Å². The number of carbonyl (C=O) groups excluding carboxylic acids is 2. The number of hydrogen-bond acceptors (Lipinski definition) is 7. The van der Waals surface area contributed by atoms with Crippen molar-refractivity contribution in [3.8, 4) is 23.0 Å². The molecule has 0 unspecified atom stereocenters. The van der Waals surface area contributed by atoms with Gasteiger partial charge in [-0.1, -0.05) is 6.92 Å². The number of esters is 1. The molecule has 32 heavy (non-hydrogen) atoms. The Morgan fingerprint density at radius 2 is 1.56 bits per heavy atom. The lowest BCUT2D eigenvalue weighted by molar-refractivity contribution is -0.141. The van der Waals surface area contributed by atoms with Crippen LogP contribution < -0.4 is 18.9 Å². The molecule has 0 aliphatic heterocycles. The van der Waals surface area contributed by atoms with Crippen molar-refractivity contribution in [1.29, 1.82) is 0 Å². The van der Waals surface area contributed by atoms with E-state index in [1.807, 2.05) is 13.8 Å². The molecular weight excluding hydrogens is 414 g/mol. The molecule has 1 amide bonds. The monoisotopic (exact) mass is 445 g/mol. The topological polar surface area (TPSA) is 83.5 Å². The molecule has 174 valence electrons. The van der Waals surface area contributed by atoms with E-state index in [2.05, 4.69) is 0 Å². The molecule has 0 saturated carbocycles. The van der Waals surface area contributed by atoms with Crippen molar-refractivity contribution in [3.63, 3.8) is 0 Å². The zero-order valence-corrected chi connectivity index (χ0v) is 19.3. The van der Waals surface area contributed by atoms with Gasteiger partial charge in [-0.05, 0) is 49.2 Å². The molecule has 0 radical (unpaired) electrons. The third-order valence-corrected chi connectivity index (χ3v) is 4.57. The highest BCUT2D eigenvalue weighted by Gasteiger charge is 2.22. The quantitative estimate of drug-likeness (QED) is 0.461. The summed E-state index contributed by atoms with van der Waals surface area (Å²) in [5.41, 5.74) is 1.11. The molecule has 0 saturated heterocycles. The van der Waals surface area contributed by atoms with Crippen molar-refractivity contribution in [2.24, 2.45) is 0 Å². The van der Waals surface area contributed by atoms with Crippen LogP contribution in [0.3, 0.4) is 0 Å². The number of methoxy groups -OCH3 is 3. The van der Waals surface area contributed by atoms with Gasteiger partial charge in [-0.2, -0.15) is 0 Å². The first-order valence-corrected chi connectivity index (χ1v) is 10.4. The highest BCUT2D eigenvalue weighted by molar-refractivity contribution is 5.96.